The summed E-state index contributed by atoms with van der Waals surface area (Å²) in [6.07, 6.45) is 1.82. The van der Waals surface area contributed by atoms with Gasteiger partial charge in [-0.3, -0.25) is 0 Å². The van der Waals surface area contributed by atoms with Crippen molar-refractivity contribution in [3.63, 3.8) is 0 Å². The molecule has 0 saturated carbocycles. The molecule has 2 rings (SSSR count). The van der Waals surface area contributed by atoms with E-state index in [1.54, 1.807) is 4.52 Å². The van der Waals surface area contributed by atoms with Gasteiger partial charge in [0, 0.05) is 0 Å². The highest BCUT2D eigenvalue weighted by Gasteiger charge is 2.02. The minimum absolute atomic E-state index is 0.799. The SMILES string of the molecule is Cc1cc2nc(Br)cn2nc1Br. The van der Waals surface area contributed by atoms with Crippen LogP contribution in [-0.4, -0.2) is 14.6 Å². The highest BCUT2D eigenvalue weighted by Crippen LogP contribution is 2.16. The lowest BCUT2D eigenvalue weighted by atomic mass is 10.3. The first-order valence-electron chi connectivity index (χ1n) is 3.35. The number of rotatable bonds is 0. The van der Waals surface area contributed by atoms with Crippen LogP contribution >= 0.6 is 31.9 Å². The van der Waals surface area contributed by atoms with Crippen LogP contribution in [0, 0.1) is 6.92 Å². The van der Waals surface area contributed by atoms with E-state index in [2.05, 4.69) is 41.9 Å². The Bertz CT molecular complexity index is 396. The van der Waals surface area contributed by atoms with E-state index in [0.29, 0.717) is 0 Å². The Morgan fingerprint density at radius 1 is 1.42 bits per heavy atom. The minimum Gasteiger partial charge on any atom is -0.220 e. The lowest BCUT2D eigenvalue weighted by Crippen LogP contribution is -1.92. The number of fused-ring (bicyclic) bond motifs is 1. The van der Waals surface area contributed by atoms with Crippen molar-refractivity contribution in [2.75, 3.05) is 0 Å². The van der Waals surface area contributed by atoms with E-state index in [1.807, 2.05) is 19.2 Å². The maximum absolute atomic E-state index is 4.24. The second kappa shape index (κ2) is 2.81. The van der Waals surface area contributed by atoms with E-state index < -0.39 is 0 Å². The molecule has 0 N–H and O–H groups in total. The summed E-state index contributed by atoms with van der Waals surface area (Å²) in [7, 11) is 0. The lowest BCUT2D eigenvalue weighted by Gasteiger charge is -1.96. The van der Waals surface area contributed by atoms with Crippen molar-refractivity contribution in [3.05, 3.63) is 27.0 Å². The summed E-state index contributed by atoms with van der Waals surface area (Å²) >= 11 is 6.64. The first kappa shape index (κ1) is 8.19. The topological polar surface area (TPSA) is 30.2 Å². The normalized spacial score (nSPS) is 10.9. The molecule has 0 saturated heterocycles. The van der Waals surface area contributed by atoms with Crippen LogP contribution in [-0.2, 0) is 0 Å². The largest absolute Gasteiger partial charge is 0.220 e. The second-order valence-corrected chi connectivity index (χ2v) is 4.05. The molecule has 2 aromatic heterocycles. The van der Waals surface area contributed by atoms with Gasteiger partial charge in [0.15, 0.2) is 5.65 Å². The first-order valence-corrected chi connectivity index (χ1v) is 4.93. The number of nitrogens with zero attached hydrogens (tertiary/aromatic N) is 3. The molecular weight excluding hydrogens is 286 g/mol. The van der Waals surface area contributed by atoms with Gasteiger partial charge in [0.2, 0.25) is 0 Å². The van der Waals surface area contributed by atoms with Gasteiger partial charge in [0.1, 0.15) is 9.21 Å². The Kier molecular flexibility index (Phi) is 1.92. The van der Waals surface area contributed by atoms with Crippen LogP contribution in [0.5, 0.6) is 0 Å². The molecule has 0 spiro atoms. The smallest absolute Gasteiger partial charge is 0.155 e. The molecule has 0 aliphatic rings. The van der Waals surface area contributed by atoms with Gasteiger partial charge in [-0.15, -0.1) is 0 Å². The van der Waals surface area contributed by atoms with Gasteiger partial charge >= 0.3 is 0 Å². The molecule has 0 bridgehead atoms. The monoisotopic (exact) mass is 289 g/mol. The highest BCUT2D eigenvalue weighted by molar-refractivity contribution is 9.10. The van der Waals surface area contributed by atoms with Crippen LogP contribution in [0.15, 0.2) is 21.5 Å². The Labute approximate surface area is 86.1 Å². The van der Waals surface area contributed by atoms with Gasteiger partial charge in [-0.05, 0) is 50.4 Å². The highest BCUT2D eigenvalue weighted by atomic mass is 79.9. The zero-order valence-corrected chi connectivity index (χ0v) is 9.42. The third-order valence-corrected chi connectivity index (χ3v) is 2.72. The second-order valence-electron chi connectivity index (χ2n) is 2.48. The van der Waals surface area contributed by atoms with Crippen LogP contribution in [0.3, 0.4) is 0 Å². The van der Waals surface area contributed by atoms with Crippen molar-refractivity contribution < 1.29 is 0 Å². The van der Waals surface area contributed by atoms with Crippen LogP contribution in [0.25, 0.3) is 5.65 Å². The first-order chi connectivity index (χ1) is 5.66. The lowest BCUT2D eigenvalue weighted by molar-refractivity contribution is 0.905. The predicted molar refractivity (Wildman–Crippen MR) is 53.1 cm³/mol. The molecule has 0 atom stereocenters. The van der Waals surface area contributed by atoms with Crippen molar-refractivity contribution in [2.45, 2.75) is 6.92 Å². The number of hydrogen-bond acceptors (Lipinski definition) is 2. The number of halogens is 2. The third-order valence-electron chi connectivity index (χ3n) is 1.55. The van der Waals surface area contributed by atoms with Gasteiger partial charge in [0.05, 0.1) is 6.20 Å². The zero-order chi connectivity index (χ0) is 8.72. The number of aromatic nitrogens is 3. The summed E-state index contributed by atoms with van der Waals surface area (Å²) in [5.41, 5.74) is 1.93. The molecule has 0 aliphatic heterocycles. The Hall–Kier alpha value is -0.420. The Balaban J connectivity index is 2.83. The maximum Gasteiger partial charge on any atom is 0.155 e. The van der Waals surface area contributed by atoms with Crippen LogP contribution in [0.4, 0.5) is 0 Å². The van der Waals surface area contributed by atoms with Crippen LogP contribution < -0.4 is 0 Å². The fourth-order valence-electron chi connectivity index (χ4n) is 0.962. The Morgan fingerprint density at radius 2 is 2.17 bits per heavy atom. The number of imidazole rings is 1. The molecule has 62 valence electrons. The third kappa shape index (κ3) is 1.27. The molecule has 3 nitrogen and oxygen atoms in total. The average Bonchev–Trinajstić information content (AvgIpc) is 2.30. The summed E-state index contributed by atoms with van der Waals surface area (Å²) in [6.45, 7) is 1.99. The average molecular weight is 291 g/mol. The Morgan fingerprint density at radius 3 is 2.92 bits per heavy atom. The summed E-state index contributed by atoms with van der Waals surface area (Å²) in [5, 5.41) is 4.24. The van der Waals surface area contributed by atoms with Crippen LogP contribution in [0.2, 0.25) is 0 Å². The number of aryl methyl sites for hydroxylation is 1. The van der Waals surface area contributed by atoms with Gasteiger partial charge in [0.25, 0.3) is 0 Å². The molecule has 5 heteroatoms. The maximum atomic E-state index is 4.24. The van der Waals surface area contributed by atoms with Crippen molar-refractivity contribution in [3.8, 4) is 0 Å². The van der Waals surface area contributed by atoms with Crippen molar-refractivity contribution >= 4 is 37.5 Å². The van der Waals surface area contributed by atoms with E-state index in [4.69, 9.17) is 0 Å². The summed E-state index contributed by atoms with van der Waals surface area (Å²) in [4.78, 5) is 4.21. The van der Waals surface area contributed by atoms with Crippen molar-refractivity contribution in [1.29, 1.82) is 0 Å². The predicted octanol–water partition coefficient (Wildman–Crippen LogP) is 2.56. The number of hydrogen-bond donors (Lipinski definition) is 0. The zero-order valence-electron chi connectivity index (χ0n) is 6.25. The van der Waals surface area contributed by atoms with E-state index in [1.165, 1.54) is 0 Å². The molecule has 0 radical (unpaired) electrons. The molecule has 0 fully saturated rings. The quantitative estimate of drug-likeness (QED) is 0.746. The van der Waals surface area contributed by atoms with Gasteiger partial charge in [-0.25, -0.2) is 9.50 Å². The molecule has 12 heavy (non-hydrogen) atoms. The van der Waals surface area contributed by atoms with E-state index in [9.17, 15) is 0 Å². The van der Waals surface area contributed by atoms with Crippen molar-refractivity contribution in [2.24, 2.45) is 0 Å². The fourth-order valence-corrected chi connectivity index (χ4v) is 1.62. The summed E-state index contributed by atoms with van der Waals surface area (Å²) in [5.74, 6) is 0. The molecular formula is C7H5Br2N3. The molecule has 0 unspecified atom stereocenters. The van der Waals surface area contributed by atoms with Gasteiger partial charge in [-0.2, -0.15) is 5.10 Å². The summed E-state index contributed by atoms with van der Waals surface area (Å²) < 4.78 is 3.37. The summed E-state index contributed by atoms with van der Waals surface area (Å²) in [6, 6.07) is 1.97. The molecule has 0 aromatic carbocycles. The molecule has 2 aromatic rings. The van der Waals surface area contributed by atoms with Gasteiger partial charge < -0.3 is 0 Å². The van der Waals surface area contributed by atoms with E-state index >= 15 is 0 Å². The van der Waals surface area contributed by atoms with Gasteiger partial charge in [-0.1, -0.05) is 0 Å². The standard InChI is InChI=1S/C7H5Br2N3/c1-4-2-6-10-5(8)3-12(6)11-7(4)9/h2-3H,1H3. The minimum atomic E-state index is 0.799. The molecule has 2 heterocycles. The van der Waals surface area contributed by atoms with E-state index in [-0.39, 0.29) is 0 Å². The molecule has 0 amide bonds. The van der Waals surface area contributed by atoms with Crippen LogP contribution in [0.1, 0.15) is 5.56 Å². The van der Waals surface area contributed by atoms with Crippen molar-refractivity contribution in [1.82, 2.24) is 14.6 Å². The molecule has 0 aliphatic carbocycles. The van der Waals surface area contributed by atoms with E-state index in [0.717, 1.165) is 20.4 Å². The fraction of sp³-hybridized carbons (Fsp3) is 0.143.